The van der Waals surface area contributed by atoms with Crippen LogP contribution in [0.1, 0.15) is 32.1 Å². The van der Waals surface area contributed by atoms with Gasteiger partial charge in [-0.25, -0.2) is 8.78 Å². The molecule has 2 saturated carbocycles. The Bertz CT molecular complexity index is 344. The first-order valence-electron chi connectivity index (χ1n) is 6.92. The first-order chi connectivity index (χ1) is 8.62. The smallest absolute Gasteiger partial charge is 0.255 e. The van der Waals surface area contributed by atoms with Crippen LogP contribution in [0.15, 0.2) is 0 Å². The number of rotatable bonds is 4. The molecule has 0 bridgehead atoms. The number of carbonyl (C=O) groups is 1. The molecule has 1 aliphatic heterocycles. The summed E-state index contributed by atoms with van der Waals surface area (Å²) in [6.45, 7) is 1.55. The molecular formula is C13H21ClF2N2O. The number of hydrogen-bond acceptors (Lipinski definition) is 2. The van der Waals surface area contributed by atoms with Gasteiger partial charge in [0.05, 0.1) is 6.54 Å². The monoisotopic (exact) mass is 294 g/mol. The Kier molecular flexibility index (Phi) is 4.35. The first kappa shape index (κ1) is 15.0. The number of halogens is 3. The topological polar surface area (TPSA) is 32.3 Å². The molecule has 110 valence electrons. The highest BCUT2D eigenvalue weighted by Gasteiger charge is 2.59. The largest absolute Gasteiger partial charge is 0.334 e. The fourth-order valence-corrected chi connectivity index (χ4v) is 3.33. The molecule has 0 aromatic carbocycles. The van der Waals surface area contributed by atoms with Gasteiger partial charge in [-0.05, 0) is 50.6 Å². The normalized spacial score (nSPS) is 28.1. The predicted octanol–water partition coefficient (Wildman–Crippen LogP) is 2.05. The zero-order chi connectivity index (χ0) is 12.8. The third-order valence-electron chi connectivity index (χ3n) is 4.69. The molecule has 3 aliphatic rings. The minimum Gasteiger partial charge on any atom is -0.334 e. The Labute approximate surface area is 118 Å². The van der Waals surface area contributed by atoms with Crippen molar-refractivity contribution in [2.24, 2.45) is 11.3 Å². The molecule has 0 aromatic rings. The van der Waals surface area contributed by atoms with Crippen LogP contribution in [0.4, 0.5) is 8.78 Å². The second-order valence-electron chi connectivity index (χ2n) is 5.98. The highest BCUT2D eigenvalue weighted by molar-refractivity contribution is 5.85. The van der Waals surface area contributed by atoms with E-state index in [1.54, 1.807) is 0 Å². The zero-order valence-corrected chi connectivity index (χ0v) is 11.7. The Morgan fingerprint density at radius 2 is 1.95 bits per heavy atom. The average molecular weight is 295 g/mol. The van der Waals surface area contributed by atoms with Crippen molar-refractivity contribution in [2.45, 2.75) is 44.6 Å². The number of carbonyl (C=O) groups excluding carboxylic acids is 1. The van der Waals surface area contributed by atoms with Crippen molar-refractivity contribution in [3.63, 3.8) is 0 Å². The van der Waals surface area contributed by atoms with E-state index in [0.717, 1.165) is 45.2 Å². The summed E-state index contributed by atoms with van der Waals surface area (Å²) < 4.78 is 25.1. The van der Waals surface area contributed by atoms with E-state index >= 15 is 0 Å². The van der Waals surface area contributed by atoms with Crippen molar-refractivity contribution in [3.8, 4) is 0 Å². The summed E-state index contributed by atoms with van der Waals surface area (Å²) in [5, 5.41) is 3.29. The summed E-state index contributed by atoms with van der Waals surface area (Å²) in [6.07, 6.45) is 2.37. The molecule has 3 rings (SSSR count). The van der Waals surface area contributed by atoms with Gasteiger partial charge in [-0.2, -0.15) is 0 Å². The van der Waals surface area contributed by atoms with Gasteiger partial charge < -0.3 is 10.2 Å². The van der Waals surface area contributed by atoms with Gasteiger partial charge in [0.15, 0.2) is 0 Å². The number of nitrogens with zero attached hydrogens (tertiary/aromatic N) is 1. The molecule has 3 fully saturated rings. The number of nitrogens with one attached hydrogen (secondary N) is 1. The van der Waals surface area contributed by atoms with Gasteiger partial charge >= 0.3 is 0 Å². The van der Waals surface area contributed by atoms with E-state index < -0.39 is 6.43 Å². The third-order valence-corrected chi connectivity index (χ3v) is 4.69. The van der Waals surface area contributed by atoms with Gasteiger partial charge in [0.2, 0.25) is 5.91 Å². The quantitative estimate of drug-likeness (QED) is 0.861. The van der Waals surface area contributed by atoms with Crippen LogP contribution >= 0.6 is 12.4 Å². The highest BCUT2D eigenvalue weighted by atomic mass is 35.5. The van der Waals surface area contributed by atoms with E-state index in [4.69, 9.17) is 0 Å². The van der Waals surface area contributed by atoms with Gasteiger partial charge in [-0.3, -0.25) is 4.79 Å². The van der Waals surface area contributed by atoms with Crippen LogP contribution in [-0.2, 0) is 4.79 Å². The Hall–Kier alpha value is -0.420. The van der Waals surface area contributed by atoms with Gasteiger partial charge in [0.1, 0.15) is 0 Å². The standard InChI is InChI=1S/C13H20F2N2O.ClH/c14-11(15)8-17(9-1-2-9)12(18)10-7-13(10)3-5-16-6-4-13;/h9-11,16H,1-8H2;1H. The molecule has 1 N–H and O–H groups in total. The maximum absolute atomic E-state index is 12.5. The molecule has 2 aliphatic carbocycles. The van der Waals surface area contributed by atoms with Crippen LogP contribution in [-0.4, -0.2) is 42.9 Å². The van der Waals surface area contributed by atoms with Crippen LogP contribution in [0.2, 0.25) is 0 Å². The van der Waals surface area contributed by atoms with Crippen LogP contribution in [0.25, 0.3) is 0 Å². The number of amides is 1. The summed E-state index contributed by atoms with van der Waals surface area (Å²) in [5.41, 5.74) is 0.150. The molecular weight excluding hydrogens is 274 g/mol. The molecule has 1 saturated heterocycles. The predicted molar refractivity (Wildman–Crippen MR) is 70.6 cm³/mol. The number of piperidine rings is 1. The third kappa shape index (κ3) is 3.02. The summed E-state index contributed by atoms with van der Waals surface area (Å²) >= 11 is 0. The molecule has 0 radical (unpaired) electrons. The summed E-state index contributed by atoms with van der Waals surface area (Å²) in [6, 6.07) is 0.103. The summed E-state index contributed by atoms with van der Waals surface area (Å²) in [4.78, 5) is 13.8. The minimum absolute atomic E-state index is 0. The first-order valence-corrected chi connectivity index (χ1v) is 6.92. The van der Waals surface area contributed by atoms with Crippen LogP contribution in [0.5, 0.6) is 0 Å². The molecule has 1 atom stereocenters. The minimum atomic E-state index is -2.41. The van der Waals surface area contributed by atoms with Gasteiger partial charge in [-0.15, -0.1) is 12.4 Å². The summed E-state index contributed by atoms with van der Waals surface area (Å²) in [7, 11) is 0. The number of hydrogen-bond donors (Lipinski definition) is 1. The van der Waals surface area contributed by atoms with Crippen LogP contribution < -0.4 is 5.32 Å². The van der Waals surface area contributed by atoms with Crippen LogP contribution in [0, 0.1) is 11.3 Å². The summed E-state index contributed by atoms with van der Waals surface area (Å²) in [5.74, 6) is 0.0265. The van der Waals surface area contributed by atoms with E-state index in [0.29, 0.717) is 0 Å². The van der Waals surface area contributed by atoms with E-state index in [2.05, 4.69) is 5.32 Å². The molecule has 1 amide bonds. The number of alkyl halides is 2. The maximum atomic E-state index is 12.5. The molecule has 19 heavy (non-hydrogen) atoms. The average Bonchev–Trinajstić information content (AvgIpc) is 3.23. The maximum Gasteiger partial charge on any atom is 0.255 e. The lowest BCUT2D eigenvalue weighted by Crippen LogP contribution is -2.40. The lowest BCUT2D eigenvalue weighted by molar-refractivity contribution is -0.136. The molecule has 3 nitrogen and oxygen atoms in total. The van der Waals surface area contributed by atoms with Crippen molar-refractivity contribution >= 4 is 18.3 Å². The second-order valence-corrected chi connectivity index (χ2v) is 5.98. The van der Waals surface area contributed by atoms with E-state index in [-0.39, 0.29) is 42.2 Å². The second kappa shape index (κ2) is 5.52. The van der Waals surface area contributed by atoms with Crippen LogP contribution in [0.3, 0.4) is 0 Å². The molecule has 1 spiro atoms. The fraction of sp³-hybridized carbons (Fsp3) is 0.923. The van der Waals surface area contributed by atoms with Crippen molar-refractivity contribution in [1.82, 2.24) is 10.2 Å². The Morgan fingerprint density at radius 3 is 2.47 bits per heavy atom. The van der Waals surface area contributed by atoms with Crippen molar-refractivity contribution in [1.29, 1.82) is 0 Å². The van der Waals surface area contributed by atoms with E-state index in [1.165, 1.54) is 4.90 Å². The van der Waals surface area contributed by atoms with E-state index in [1.807, 2.05) is 0 Å². The molecule has 1 heterocycles. The Balaban J connectivity index is 0.00000133. The lowest BCUT2D eigenvalue weighted by atomic mass is 9.91. The lowest BCUT2D eigenvalue weighted by Gasteiger charge is -2.27. The van der Waals surface area contributed by atoms with E-state index in [9.17, 15) is 13.6 Å². The Morgan fingerprint density at radius 1 is 1.32 bits per heavy atom. The SMILES string of the molecule is Cl.O=C(C1CC12CCNCC2)N(CC(F)F)C1CC1. The van der Waals surface area contributed by atoms with Gasteiger partial charge in [0, 0.05) is 12.0 Å². The molecule has 6 heteroatoms. The highest BCUT2D eigenvalue weighted by Crippen LogP contribution is 2.59. The van der Waals surface area contributed by atoms with Crippen molar-refractivity contribution in [3.05, 3.63) is 0 Å². The fourth-order valence-electron chi connectivity index (χ4n) is 3.33. The van der Waals surface area contributed by atoms with Gasteiger partial charge in [-0.1, -0.05) is 0 Å². The van der Waals surface area contributed by atoms with Crippen molar-refractivity contribution < 1.29 is 13.6 Å². The zero-order valence-electron chi connectivity index (χ0n) is 10.9. The molecule has 1 unspecified atom stereocenters. The van der Waals surface area contributed by atoms with Gasteiger partial charge in [0.25, 0.3) is 6.43 Å². The van der Waals surface area contributed by atoms with Crippen molar-refractivity contribution in [2.75, 3.05) is 19.6 Å². The molecule has 0 aromatic heterocycles.